The molecule has 1 aliphatic rings. The Morgan fingerprint density at radius 2 is 0.881 bits per heavy atom. The molecule has 0 N–H and O–H groups in total. The van der Waals surface area contributed by atoms with Gasteiger partial charge in [0, 0.05) is 5.57 Å². The number of halogens is 2. The maximum absolute atomic E-state index is 7.90. The minimum Gasteiger partial charge on any atom is -0.324 e. The molecule has 0 saturated heterocycles. The van der Waals surface area contributed by atoms with Gasteiger partial charge in [-0.15, -0.1) is 23.2 Å². The van der Waals surface area contributed by atoms with Gasteiger partial charge in [0.05, 0.1) is 45.1 Å². The van der Waals surface area contributed by atoms with Gasteiger partial charge in [-0.3, -0.25) is 0 Å². The monoisotopic (exact) mass is 629 g/mol. The fraction of sp³-hybridized carbons (Fsp3) is 0.895. The van der Waals surface area contributed by atoms with Crippen molar-refractivity contribution in [2.24, 2.45) is 0 Å². The van der Waals surface area contributed by atoms with Gasteiger partial charge in [0.1, 0.15) is 18.0 Å². The van der Waals surface area contributed by atoms with E-state index in [0.717, 1.165) is 22.1 Å². The smallest absolute Gasteiger partial charge is 0.137 e. The van der Waals surface area contributed by atoms with Crippen LogP contribution in [0.25, 0.3) is 0 Å². The second kappa shape index (κ2) is 19.5. The zero-order valence-electron chi connectivity index (χ0n) is 30.2. The molecule has 2 atom stereocenters. The van der Waals surface area contributed by atoms with Crippen molar-refractivity contribution in [2.45, 2.75) is 168 Å². The molecule has 0 amide bonds. The van der Waals surface area contributed by atoms with Crippen LogP contribution < -0.4 is 0 Å². The lowest BCUT2D eigenvalue weighted by molar-refractivity contribution is -0.911. The highest BCUT2D eigenvalue weighted by Gasteiger charge is 2.56. The molecule has 0 bridgehead atoms. The number of rotatable bonds is 24. The van der Waals surface area contributed by atoms with E-state index in [-0.39, 0.29) is 0 Å². The standard InChI is InChI=1S/C38H74Cl2N2/c1-11-15-19-23-27-41(9,28-24-20-16-12-2)31-36-33(5)34(6)38(40,37(8,39)35(36)7)32-42(10,29-25-21-17-13-3)30-26-22-18-14-4/h11-32H2,1-10H3/q+2. The van der Waals surface area contributed by atoms with Crippen LogP contribution in [0.5, 0.6) is 0 Å². The molecule has 248 valence electrons. The molecule has 0 fully saturated rings. The van der Waals surface area contributed by atoms with E-state index in [1.807, 2.05) is 0 Å². The second-order valence-corrected chi connectivity index (χ2v) is 16.3. The number of unbranched alkanes of at least 4 members (excludes halogenated alkanes) is 12. The number of quaternary nitrogens is 2. The predicted molar refractivity (Wildman–Crippen MR) is 192 cm³/mol. The molecular weight excluding hydrogens is 555 g/mol. The van der Waals surface area contributed by atoms with E-state index >= 15 is 0 Å². The van der Waals surface area contributed by atoms with Crippen LogP contribution in [0.2, 0.25) is 0 Å². The van der Waals surface area contributed by atoms with Crippen LogP contribution >= 0.6 is 23.2 Å². The van der Waals surface area contributed by atoms with Gasteiger partial charge in [0.25, 0.3) is 0 Å². The molecule has 42 heavy (non-hydrogen) atoms. The molecule has 2 nitrogen and oxygen atoms in total. The first-order valence-corrected chi connectivity index (χ1v) is 19.0. The van der Waals surface area contributed by atoms with Gasteiger partial charge in [-0.25, -0.2) is 0 Å². The SMILES string of the molecule is CCCCCC[N+](C)(CCCCCC)CC1=C(C)C(C)(Cl)C(Cl)(C[N+](C)(CCCCCC)CCCCCC)C(C)=C1C. The van der Waals surface area contributed by atoms with Crippen molar-refractivity contribution in [3.05, 3.63) is 22.3 Å². The van der Waals surface area contributed by atoms with E-state index in [1.165, 1.54) is 151 Å². The van der Waals surface area contributed by atoms with Gasteiger partial charge in [-0.05, 0) is 95.8 Å². The quantitative estimate of drug-likeness (QED) is 0.0566. The van der Waals surface area contributed by atoms with Crippen LogP contribution in [-0.2, 0) is 0 Å². The van der Waals surface area contributed by atoms with Crippen LogP contribution in [0.4, 0.5) is 0 Å². The first kappa shape index (κ1) is 40.0. The van der Waals surface area contributed by atoms with Crippen LogP contribution in [0.3, 0.4) is 0 Å². The summed E-state index contributed by atoms with van der Waals surface area (Å²) in [5.41, 5.74) is 5.53. The third kappa shape index (κ3) is 11.7. The molecule has 0 spiro atoms. The Kier molecular flexibility index (Phi) is 18.6. The first-order chi connectivity index (χ1) is 19.8. The number of allylic oxidation sites excluding steroid dienone is 1. The van der Waals surface area contributed by atoms with Crippen molar-refractivity contribution >= 4 is 23.2 Å². The van der Waals surface area contributed by atoms with E-state index in [1.54, 1.807) is 0 Å². The molecule has 0 aromatic heterocycles. The van der Waals surface area contributed by atoms with E-state index < -0.39 is 9.75 Å². The molecule has 0 radical (unpaired) electrons. The molecule has 2 unspecified atom stereocenters. The molecule has 0 aromatic carbocycles. The average Bonchev–Trinajstić information content (AvgIpc) is 2.95. The highest BCUT2D eigenvalue weighted by molar-refractivity contribution is 6.38. The summed E-state index contributed by atoms with van der Waals surface area (Å²) in [6.45, 7) is 25.3. The lowest BCUT2D eigenvalue weighted by Gasteiger charge is -2.51. The van der Waals surface area contributed by atoms with Crippen molar-refractivity contribution in [3.63, 3.8) is 0 Å². The zero-order valence-corrected chi connectivity index (χ0v) is 31.7. The van der Waals surface area contributed by atoms with Gasteiger partial charge < -0.3 is 8.97 Å². The largest absolute Gasteiger partial charge is 0.324 e. The van der Waals surface area contributed by atoms with Gasteiger partial charge in [0.2, 0.25) is 0 Å². The van der Waals surface area contributed by atoms with E-state index in [2.05, 4.69) is 69.5 Å². The maximum Gasteiger partial charge on any atom is 0.137 e. The van der Waals surface area contributed by atoms with Crippen molar-refractivity contribution in [3.8, 4) is 0 Å². The summed E-state index contributed by atoms with van der Waals surface area (Å²) < 4.78 is 2.14. The Morgan fingerprint density at radius 3 is 1.24 bits per heavy atom. The Balaban J connectivity index is 3.35. The summed E-state index contributed by atoms with van der Waals surface area (Å²) in [6, 6.07) is 0. The Morgan fingerprint density at radius 1 is 0.524 bits per heavy atom. The Bertz CT molecular complexity index is 803. The van der Waals surface area contributed by atoms with Gasteiger partial charge in [-0.2, -0.15) is 0 Å². The normalized spacial score (nSPS) is 22.0. The van der Waals surface area contributed by atoms with Crippen LogP contribution in [0.1, 0.15) is 158 Å². The molecule has 1 aliphatic carbocycles. The van der Waals surface area contributed by atoms with E-state index in [0.29, 0.717) is 0 Å². The number of hydrogen-bond donors (Lipinski definition) is 0. The van der Waals surface area contributed by atoms with Crippen LogP contribution in [0.15, 0.2) is 22.3 Å². The number of hydrogen-bond acceptors (Lipinski definition) is 0. The molecular formula is C38H74Cl2N2+2. The minimum atomic E-state index is -0.602. The van der Waals surface area contributed by atoms with Crippen molar-refractivity contribution in [2.75, 3.05) is 53.4 Å². The minimum absolute atomic E-state index is 0.581. The summed E-state index contributed by atoms with van der Waals surface area (Å²) in [6.07, 6.45) is 21.0. The lowest BCUT2D eigenvalue weighted by atomic mass is 9.71. The Labute approximate surface area is 274 Å². The van der Waals surface area contributed by atoms with Gasteiger partial charge >= 0.3 is 0 Å². The van der Waals surface area contributed by atoms with Crippen molar-refractivity contribution < 1.29 is 8.97 Å². The molecule has 0 heterocycles. The molecule has 0 aliphatic heterocycles. The first-order valence-electron chi connectivity index (χ1n) is 18.2. The summed E-state index contributed by atoms with van der Waals surface area (Å²) >= 11 is 15.6. The third-order valence-electron chi connectivity index (χ3n) is 10.9. The fourth-order valence-corrected chi connectivity index (χ4v) is 8.26. The zero-order chi connectivity index (χ0) is 31.9. The summed E-state index contributed by atoms with van der Waals surface area (Å²) in [5, 5.41) is 0. The van der Waals surface area contributed by atoms with Crippen molar-refractivity contribution in [1.29, 1.82) is 0 Å². The number of likely N-dealkylation sites (N-methyl/N-ethyl adjacent to an activating group) is 1. The molecule has 0 aromatic rings. The van der Waals surface area contributed by atoms with Crippen LogP contribution in [-0.4, -0.2) is 72.1 Å². The fourth-order valence-electron chi connectivity index (χ4n) is 7.37. The van der Waals surface area contributed by atoms with Gasteiger partial charge in [-0.1, -0.05) is 79.1 Å². The third-order valence-corrected chi connectivity index (χ3v) is 12.3. The summed E-state index contributed by atoms with van der Waals surface area (Å²) in [4.78, 5) is -1.18. The number of nitrogens with zero attached hydrogens (tertiary/aromatic N) is 2. The summed E-state index contributed by atoms with van der Waals surface area (Å²) in [7, 11) is 4.97. The van der Waals surface area contributed by atoms with E-state index in [4.69, 9.17) is 23.2 Å². The Hall–Kier alpha value is -0.0200. The highest BCUT2D eigenvalue weighted by Crippen LogP contribution is 2.53. The van der Waals surface area contributed by atoms with Gasteiger partial charge in [0.15, 0.2) is 0 Å². The van der Waals surface area contributed by atoms with Crippen molar-refractivity contribution in [1.82, 2.24) is 0 Å². The van der Waals surface area contributed by atoms with E-state index in [9.17, 15) is 0 Å². The molecule has 4 heteroatoms. The average molecular weight is 630 g/mol. The highest BCUT2D eigenvalue weighted by atomic mass is 35.5. The van der Waals surface area contributed by atoms with Crippen LogP contribution in [0, 0.1) is 0 Å². The number of alkyl halides is 2. The lowest BCUT2D eigenvalue weighted by Crippen LogP contribution is -2.62. The topological polar surface area (TPSA) is 0 Å². The molecule has 0 saturated carbocycles. The predicted octanol–water partition coefficient (Wildman–Crippen LogP) is 11.8. The molecule has 1 rings (SSSR count). The summed E-state index contributed by atoms with van der Waals surface area (Å²) in [5.74, 6) is 0. The second-order valence-electron chi connectivity index (χ2n) is 14.8. The maximum atomic E-state index is 7.90.